The molecule has 3 heterocycles. The van der Waals surface area contributed by atoms with Crippen LogP contribution in [0.25, 0.3) is 0 Å². The zero-order chi connectivity index (χ0) is 17.2. The van der Waals surface area contributed by atoms with Crippen LogP contribution < -0.4 is 0 Å². The summed E-state index contributed by atoms with van der Waals surface area (Å²) in [6.07, 6.45) is 7.68. The first-order valence-electron chi connectivity index (χ1n) is 8.59. The van der Waals surface area contributed by atoms with Crippen LogP contribution in [0.2, 0.25) is 0 Å². The van der Waals surface area contributed by atoms with Crippen LogP contribution in [0.4, 0.5) is 4.79 Å². The van der Waals surface area contributed by atoms with E-state index < -0.39 is 5.60 Å². The van der Waals surface area contributed by atoms with Crippen LogP contribution >= 0.6 is 0 Å². The molecule has 2 aliphatic rings. The van der Waals surface area contributed by atoms with Crippen LogP contribution in [0.3, 0.4) is 0 Å². The van der Waals surface area contributed by atoms with Crippen LogP contribution in [0.1, 0.15) is 50.0 Å². The molecule has 0 radical (unpaired) electrons. The lowest BCUT2D eigenvalue weighted by molar-refractivity contribution is 0.00288. The third kappa shape index (κ3) is 3.20. The molecule has 24 heavy (non-hydrogen) atoms. The van der Waals surface area contributed by atoms with Crippen molar-refractivity contribution < 1.29 is 14.3 Å². The van der Waals surface area contributed by atoms with E-state index in [1.54, 1.807) is 11.1 Å². The van der Waals surface area contributed by atoms with E-state index in [-0.39, 0.29) is 18.0 Å². The largest absolute Gasteiger partial charge is 0.441 e. The molecular weight excluding hydrogens is 308 g/mol. The van der Waals surface area contributed by atoms with Crippen molar-refractivity contribution >= 4 is 12.0 Å². The average molecular weight is 332 g/mol. The fourth-order valence-corrected chi connectivity index (χ4v) is 3.51. The van der Waals surface area contributed by atoms with Crippen LogP contribution in [0, 0.1) is 0 Å². The van der Waals surface area contributed by atoms with Gasteiger partial charge in [0.05, 0.1) is 12.7 Å². The standard InChI is InChI=1S/C17H24N4O3/c1-3-4-13(2)21-12-17(24-16(21)23)5-9-20(10-6-17)15(22)14-11-18-7-8-19-14/h7-8,11,13H,3-6,9-10,12H2,1-2H3/t13-/m1/s1. The summed E-state index contributed by atoms with van der Waals surface area (Å²) in [5, 5.41) is 0. The number of carbonyl (C=O) groups excluding carboxylic acids is 2. The molecule has 7 heteroatoms. The van der Waals surface area contributed by atoms with Crippen molar-refractivity contribution in [2.75, 3.05) is 19.6 Å². The maximum absolute atomic E-state index is 12.4. The van der Waals surface area contributed by atoms with Crippen LogP contribution in [-0.4, -0.2) is 63.0 Å². The molecule has 3 rings (SSSR count). The molecule has 130 valence electrons. The smallest absolute Gasteiger partial charge is 0.410 e. The average Bonchev–Trinajstić information content (AvgIpc) is 2.92. The van der Waals surface area contributed by atoms with Gasteiger partial charge in [-0.05, 0) is 13.3 Å². The van der Waals surface area contributed by atoms with Crippen molar-refractivity contribution in [1.29, 1.82) is 0 Å². The fourth-order valence-electron chi connectivity index (χ4n) is 3.51. The van der Waals surface area contributed by atoms with E-state index in [9.17, 15) is 9.59 Å². The number of piperidine rings is 1. The van der Waals surface area contributed by atoms with Gasteiger partial charge in [0.15, 0.2) is 0 Å². The van der Waals surface area contributed by atoms with Gasteiger partial charge in [0, 0.05) is 44.4 Å². The molecule has 7 nitrogen and oxygen atoms in total. The summed E-state index contributed by atoms with van der Waals surface area (Å²) in [6, 6.07) is 0.195. The van der Waals surface area contributed by atoms with E-state index in [4.69, 9.17) is 4.74 Å². The number of rotatable bonds is 4. The van der Waals surface area contributed by atoms with Gasteiger partial charge in [-0.1, -0.05) is 13.3 Å². The summed E-state index contributed by atoms with van der Waals surface area (Å²) in [4.78, 5) is 36.2. The number of hydrogen-bond donors (Lipinski definition) is 0. The van der Waals surface area contributed by atoms with Crippen LogP contribution in [0.15, 0.2) is 18.6 Å². The Morgan fingerprint density at radius 3 is 2.75 bits per heavy atom. The van der Waals surface area contributed by atoms with Crippen molar-refractivity contribution in [3.05, 3.63) is 24.3 Å². The Kier molecular flexibility index (Phi) is 4.69. The Labute approximate surface area is 142 Å². The number of amides is 2. The van der Waals surface area contributed by atoms with Gasteiger partial charge in [-0.2, -0.15) is 0 Å². The molecule has 0 unspecified atom stereocenters. The Bertz CT molecular complexity index is 599. The van der Waals surface area contributed by atoms with Crippen molar-refractivity contribution in [1.82, 2.24) is 19.8 Å². The molecule has 0 N–H and O–H groups in total. The summed E-state index contributed by atoms with van der Waals surface area (Å²) < 4.78 is 5.72. The van der Waals surface area contributed by atoms with Crippen molar-refractivity contribution in [3.63, 3.8) is 0 Å². The number of likely N-dealkylation sites (tertiary alicyclic amines) is 1. The first-order chi connectivity index (χ1) is 11.5. The summed E-state index contributed by atoms with van der Waals surface area (Å²) in [7, 11) is 0. The highest BCUT2D eigenvalue weighted by atomic mass is 16.6. The predicted octanol–water partition coefficient (Wildman–Crippen LogP) is 2.09. The zero-order valence-electron chi connectivity index (χ0n) is 14.3. The normalized spacial score (nSPS) is 21.0. The van der Waals surface area contributed by atoms with Gasteiger partial charge in [0.25, 0.3) is 5.91 Å². The Hall–Kier alpha value is -2.18. The molecule has 0 aliphatic carbocycles. The molecule has 2 saturated heterocycles. The molecule has 2 fully saturated rings. The van der Waals surface area contributed by atoms with Gasteiger partial charge in [0.2, 0.25) is 0 Å². The first kappa shape index (κ1) is 16.7. The van der Waals surface area contributed by atoms with E-state index in [1.165, 1.54) is 12.4 Å². The predicted molar refractivity (Wildman–Crippen MR) is 87.5 cm³/mol. The summed E-state index contributed by atoms with van der Waals surface area (Å²) >= 11 is 0. The number of hydrogen-bond acceptors (Lipinski definition) is 5. The van der Waals surface area contributed by atoms with E-state index in [1.807, 2.05) is 4.90 Å². The molecule has 0 saturated carbocycles. The summed E-state index contributed by atoms with van der Waals surface area (Å²) in [6.45, 7) is 5.94. The molecule has 2 amide bonds. The van der Waals surface area contributed by atoms with E-state index in [0.29, 0.717) is 38.2 Å². The van der Waals surface area contributed by atoms with E-state index >= 15 is 0 Å². The van der Waals surface area contributed by atoms with E-state index in [0.717, 1.165) is 12.8 Å². The van der Waals surface area contributed by atoms with Crippen molar-refractivity contribution in [3.8, 4) is 0 Å². The lowest BCUT2D eigenvalue weighted by atomic mass is 9.90. The molecule has 1 spiro atoms. The number of nitrogens with zero attached hydrogens (tertiary/aromatic N) is 4. The molecule has 0 aromatic carbocycles. The van der Waals surface area contributed by atoms with Gasteiger partial charge in [-0.25, -0.2) is 9.78 Å². The molecule has 0 bridgehead atoms. The minimum Gasteiger partial charge on any atom is -0.441 e. The summed E-state index contributed by atoms with van der Waals surface area (Å²) in [5.74, 6) is -0.113. The van der Waals surface area contributed by atoms with Crippen molar-refractivity contribution in [2.24, 2.45) is 0 Å². The fraction of sp³-hybridized carbons (Fsp3) is 0.647. The van der Waals surface area contributed by atoms with Gasteiger partial charge >= 0.3 is 6.09 Å². The second-order valence-corrected chi connectivity index (χ2v) is 6.70. The summed E-state index contributed by atoms with van der Waals surface area (Å²) in [5.41, 5.74) is -0.0897. The second-order valence-electron chi connectivity index (χ2n) is 6.70. The van der Waals surface area contributed by atoms with Crippen LogP contribution in [0.5, 0.6) is 0 Å². The highest BCUT2D eigenvalue weighted by Gasteiger charge is 2.48. The number of carbonyl (C=O) groups is 2. The highest BCUT2D eigenvalue weighted by molar-refractivity contribution is 5.92. The van der Waals surface area contributed by atoms with Crippen molar-refractivity contribution in [2.45, 2.75) is 51.2 Å². The van der Waals surface area contributed by atoms with Gasteiger partial charge in [-0.3, -0.25) is 9.78 Å². The number of aromatic nitrogens is 2. The quantitative estimate of drug-likeness (QED) is 0.844. The minimum absolute atomic E-state index is 0.113. The Balaban J connectivity index is 1.61. The van der Waals surface area contributed by atoms with Gasteiger partial charge in [-0.15, -0.1) is 0 Å². The second kappa shape index (κ2) is 6.75. The third-order valence-electron chi connectivity index (χ3n) is 4.98. The lowest BCUT2D eigenvalue weighted by Gasteiger charge is -2.37. The molecule has 1 aromatic rings. The SMILES string of the molecule is CCC[C@@H](C)N1CC2(CCN(C(=O)c3cnccn3)CC2)OC1=O. The lowest BCUT2D eigenvalue weighted by Crippen LogP contribution is -2.49. The maximum atomic E-state index is 12.4. The number of ether oxygens (including phenoxy) is 1. The molecule has 2 aliphatic heterocycles. The topological polar surface area (TPSA) is 75.6 Å². The monoisotopic (exact) mass is 332 g/mol. The molecule has 1 aromatic heterocycles. The van der Waals surface area contributed by atoms with E-state index in [2.05, 4.69) is 23.8 Å². The van der Waals surface area contributed by atoms with Gasteiger partial charge in [0.1, 0.15) is 11.3 Å². The Morgan fingerprint density at radius 2 is 2.12 bits per heavy atom. The molecular formula is C17H24N4O3. The Morgan fingerprint density at radius 1 is 1.38 bits per heavy atom. The van der Waals surface area contributed by atoms with Crippen LogP contribution in [-0.2, 0) is 4.74 Å². The third-order valence-corrected chi connectivity index (χ3v) is 4.98. The maximum Gasteiger partial charge on any atom is 0.410 e. The highest BCUT2D eigenvalue weighted by Crippen LogP contribution is 2.35. The van der Waals surface area contributed by atoms with Gasteiger partial charge < -0.3 is 14.5 Å². The zero-order valence-corrected chi connectivity index (χ0v) is 14.3. The minimum atomic E-state index is -0.446. The first-order valence-corrected chi connectivity index (χ1v) is 8.59. The molecule has 1 atom stereocenters.